The summed E-state index contributed by atoms with van der Waals surface area (Å²) in [6.07, 6.45) is 0. The van der Waals surface area contributed by atoms with Gasteiger partial charge in [-0.2, -0.15) is 0 Å². The van der Waals surface area contributed by atoms with E-state index in [0.29, 0.717) is 5.82 Å². The summed E-state index contributed by atoms with van der Waals surface area (Å²) in [4.78, 5) is 10.4. The molecule has 226 valence electrons. The summed E-state index contributed by atoms with van der Waals surface area (Å²) in [6, 6.07) is 40.7. The molecule has 0 unspecified atom stereocenters. The maximum absolute atomic E-state index is 6.61. The van der Waals surface area contributed by atoms with E-state index in [-0.39, 0.29) is 0 Å². The monoisotopic (exact) mass is 640 g/mol. The minimum atomic E-state index is 0.684. The summed E-state index contributed by atoms with van der Waals surface area (Å²) in [7, 11) is 11.1. The minimum Gasteiger partial charge on any atom is -0.456 e. The van der Waals surface area contributed by atoms with Crippen LogP contribution in [-0.2, 0) is 0 Å². The molecule has 0 fully saturated rings. The normalized spacial score (nSPS) is 11.7. The van der Waals surface area contributed by atoms with Gasteiger partial charge in [0.05, 0.1) is 11.4 Å². The van der Waals surface area contributed by atoms with Crippen LogP contribution in [0.1, 0.15) is 0 Å². The Hall–Kier alpha value is -5.26. The number of fused-ring (bicyclic) bond motifs is 6. The van der Waals surface area contributed by atoms with Crippen molar-refractivity contribution in [3.05, 3.63) is 115 Å². The standard InChI is InChI=1S/C40H29B5N2OS/c41-34-33(35(42)37(44)38(45)36(34)43)28-19-27(20-8-2-1-3-9-20)46-40(47-28)21-16-17-26-30(18-21)48-29-14-7-11-23(32(26)29)25-13-6-12-24-22-10-4-5-15-31(22)49-39(24)25/h1-19H,41-45H2. The third kappa shape index (κ3) is 4.71. The van der Waals surface area contributed by atoms with Gasteiger partial charge in [0.25, 0.3) is 0 Å². The van der Waals surface area contributed by atoms with Crippen molar-refractivity contribution in [1.82, 2.24) is 9.97 Å². The maximum Gasteiger partial charge on any atom is 0.160 e. The first-order valence-electron chi connectivity index (χ1n) is 16.8. The number of benzene rings is 6. The zero-order valence-corrected chi connectivity index (χ0v) is 29.0. The molecule has 3 heterocycles. The van der Waals surface area contributed by atoms with Crippen molar-refractivity contribution < 1.29 is 4.42 Å². The van der Waals surface area contributed by atoms with Gasteiger partial charge in [0.1, 0.15) is 50.4 Å². The highest BCUT2D eigenvalue weighted by Gasteiger charge is 2.20. The highest BCUT2D eigenvalue weighted by atomic mass is 32.1. The highest BCUT2D eigenvalue weighted by molar-refractivity contribution is 7.26. The second-order valence-electron chi connectivity index (χ2n) is 13.1. The zero-order chi connectivity index (χ0) is 33.4. The van der Waals surface area contributed by atoms with Crippen molar-refractivity contribution in [2.24, 2.45) is 0 Å². The predicted molar refractivity (Wildman–Crippen MR) is 225 cm³/mol. The first-order valence-corrected chi connectivity index (χ1v) is 17.6. The Kier molecular flexibility index (Phi) is 6.96. The third-order valence-electron chi connectivity index (χ3n) is 10.5. The molecule has 49 heavy (non-hydrogen) atoms. The van der Waals surface area contributed by atoms with Crippen LogP contribution < -0.4 is 27.3 Å². The smallest absolute Gasteiger partial charge is 0.160 e. The van der Waals surface area contributed by atoms with Gasteiger partial charge in [-0.3, -0.25) is 0 Å². The van der Waals surface area contributed by atoms with Crippen LogP contribution >= 0.6 is 11.3 Å². The molecule has 3 aromatic heterocycles. The zero-order valence-electron chi connectivity index (χ0n) is 28.2. The Morgan fingerprint density at radius 1 is 0.490 bits per heavy atom. The van der Waals surface area contributed by atoms with Gasteiger partial charge in [0.2, 0.25) is 0 Å². The maximum atomic E-state index is 6.61. The molecule has 9 aromatic rings. The first-order chi connectivity index (χ1) is 23.9. The summed E-state index contributed by atoms with van der Waals surface area (Å²) in [6.45, 7) is 0. The lowest BCUT2D eigenvalue weighted by Crippen LogP contribution is -2.55. The van der Waals surface area contributed by atoms with E-state index in [4.69, 9.17) is 14.4 Å². The average Bonchev–Trinajstić information content (AvgIpc) is 3.72. The van der Waals surface area contributed by atoms with Crippen LogP contribution in [0.5, 0.6) is 0 Å². The molecule has 3 nitrogen and oxygen atoms in total. The number of thiophene rings is 1. The second kappa shape index (κ2) is 11.4. The van der Waals surface area contributed by atoms with Gasteiger partial charge in [0.15, 0.2) is 5.82 Å². The molecule has 0 aliphatic rings. The van der Waals surface area contributed by atoms with Gasteiger partial charge in [0, 0.05) is 47.6 Å². The molecule has 0 aliphatic carbocycles. The quantitative estimate of drug-likeness (QED) is 0.278. The van der Waals surface area contributed by atoms with E-state index in [1.165, 1.54) is 64.2 Å². The Morgan fingerprint density at radius 3 is 1.98 bits per heavy atom. The molecule has 9 rings (SSSR count). The fourth-order valence-corrected chi connectivity index (χ4v) is 8.72. The predicted octanol–water partition coefficient (Wildman–Crippen LogP) is 2.70. The molecular weight excluding hydrogens is 611 g/mol. The van der Waals surface area contributed by atoms with Crippen molar-refractivity contribution in [1.29, 1.82) is 0 Å². The Labute approximate surface area is 293 Å². The number of hydrogen-bond acceptors (Lipinski definition) is 4. The van der Waals surface area contributed by atoms with Gasteiger partial charge in [-0.15, -0.1) is 27.7 Å². The van der Waals surface area contributed by atoms with E-state index < -0.39 is 0 Å². The van der Waals surface area contributed by atoms with Crippen LogP contribution in [0.25, 0.3) is 87.1 Å². The first kappa shape index (κ1) is 29.9. The van der Waals surface area contributed by atoms with Crippen molar-refractivity contribution in [3.8, 4) is 45.0 Å². The van der Waals surface area contributed by atoms with Gasteiger partial charge >= 0.3 is 0 Å². The van der Waals surface area contributed by atoms with E-state index >= 15 is 0 Å². The van der Waals surface area contributed by atoms with Crippen LogP contribution in [0.4, 0.5) is 0 Å². The lowest BCUT2D eigenvalue weighted by Gasteiger charge is -2.20. The van der Waals surface area contributed by atoms with Gasteiger partial charge in [-0.25, -0.2) is 9.97 Å². The fourth-order valence-electron chi connectivity index (χ4n) is 7.49. The summed E-state index contributed by atoms with van der Waals surface area (Å²) in [5.74, 6) is 0.684. The molecule has 0 amide bonds. The Balaban J connectivity index is 1.24. The van der Waals surface area contributed by atoms with Crippen LogP contribution in [0.2, 0.25) is 0 Å². The summed E-state index contributed by atoms with van der Waals surface area (Å²) in [5.41, 5.74) is 15.6. The lowest BCUT2D eigenvalue weighted by molar-refractivity contribution is 0.669. The van der Waals surface area contributed by atoms with Crippen molar-refractivity contribution in [2.45, 2.75) is 0 Å². The molecule has 0 N–H and O–H groups in total. The largest absolute Gasteiger partial charge is 0.456 e. The summed E-state index contributed by atoms with van der Waals surface area (Å²) < 4.78 is 9.21. The Morgan fingerprint density at radius 2 is 1.16 bits per heavy atom. The van der Waals surface area contributed by atoms with Gasteiger partial charge in [-0.1, -0.05) is 95.9 Å². The van der Waals surface area contributed by atoms with E-state index in [2.05, 4.69) is 148 Å². The summed E-state index contributed by atoms with van der Waals surface area (Å²) >= 11 is 1.86. The van der Waals surface area contributed by atoms with Crippen molar-refractivity contribution in [2.75, 3.05) is 0 Å². The van der Waals surface area contributed by atoms with Gasteiger partial charge < -0.3 is 4.42 Å². The number of aromatic nitrogens is 2. The van der Waals surface area contributed by atoms with Gasteiger partial charge in [-0.05, 0) is 41.5 Å². The number of furan rings is 1. The third-order valence-corrected chi connectivity index (χ3v) is 11.7. The number of hydrogen-bond donors (Lipinski definition) is 0. The summed E-state index contributed by atoms with van der Waals surface area (Å²) in [5, 5.41) is 4.81. The van der Waals surface area contributed by atoms with Crippen LogP contribution in [0.3, 0.4) is 0 Å². The molecular formula is C40H29B5N2OS. The topological polar surface area (TPSA) is 38.9 Å². The average molecular weight is 640 g/mol. The molecule has 0 saturated carbocycles. The van der Waals surface area contributed by atoms with Crippen molar-refractivity contribution >= 4 is 120 Å². The van der Waals surface area contributed by atoms with E-state index in [1.807, 2.05) is 17.4 Å². The molecule has 0 radical (unpaired) electrons. The van der Waals surface area contributed by atoms with Crippen LogP contribution in [0, 0.1) is 0 Å². The molecule has 9 heteroatoms. The molecule has 0 atom stereocenters. The SMILES string of the molecule is Bc1c(B)c(B)c(-c2cc(-c3ccccc3)nc(-c3ccc4c(c3)oc3cccc(-c5cccc6c5sc5ccccc56)c34)n2)c(B)c1B. The fraction of sp³-hybridized carbons (Fsp3) is 0. The Bertz CT molecular complexity index is 2760. The van der Waals surface area contributed by atoms with Crippen molar-refractivity contribution in [3.63, 3.8) is 0 Å². The van der Waals surface area contributed by atoms with E-state index in [9.17, 15) is 0 Å². The minimum absolute atomic E-state index is 0.684. The molecule has 0 aliphatic heterocycles. The van der Waals surface area contributed by atoms with Crippen LogP contribution in [-0.4, -0.2) is 49.2 Å². The molecule has 0 saturated heterocycles. The van der Waals surface area contributed by atoms with E-state index in [1.54, 1.807) is 0 Å². The van der Waals surface area contributed by atoms with Crippen LogP contribution in [0.15, 0.2) is 120 Å². The molecule has 0 bridgehead atoms. The highest BCUT2D eigenvalue weighted by Crippen LogP contribution is 2.44. The van der Waals surface area contributed by atoms with E-state index in [0.717, 1.165) is 44.5 Å². The number of rotatable bonds is 4. The lowest BCUT2D eigenvalue weighted by atomic mass is 9.60. The number of nitrogens with zero attached hydrogens (tertiary/aromatic N) is 2. The second-order valence-corrected chi connectivity index (χ2v) is 14.2. The molecule has 0 spiro atoms. The molecule has 6 aromatic carbocycles.